The molecular formula is C11H13FO4. The molecule has 1 rings (SSSR count). The Labute approximate surface area is 92.3 Å². The van der Waals surface area contributed by atoms with Crippen LogP contribution in [0.15, 0.2) is 18.2 Å². The Bertz CT molecular complexity index is 390. The third kappa shape index (κ3) is 2.49. The van der Waals surface area contributed by atoms with E-state index < -0.39 is 18.2 Å². The van der Waals surface area contributed by atoms with Gasteiger partial charge >= 0.3 is 5.97 Å². The minimum Gasteiger partial charge on any atom is -0.496 e. The number of ether oxygens (including phenoxy) is 1. The van der Waals surface area contributed by atoms with Gasteiger partial charge in [-0.15, -0.1) is 0 Å². The van der Waals surface area contributed by atoms with Crippen LogP contribution >= 0.6 is 0 Å². The van der Waals surface area contributed by atoms with Crippen LogP contribution in [-0.4, -0.2) is 23.3 Å². The van der Waals surface area contributed by atoms with Crippen molar-refractivity contribution in [1.29, 1.82) is 0 Å². The molecule has 0 fully saturated rings. The molecule has 0 amide bonds. The number of alkyl halides is 1. The quantitative estimate of drug-likeness (QED) is 0.825. The highest BCUT2D eigenvalue weighted by molar-refractivity contribution is 5.75. The number of methoxy groups -OCH3 is 1. The number of aliphatic carboxylic acids is 1. The Morgan fingerprint density at radius 1 is 1.50 bits per heavy atom. The molecule has 2 N–H and O–H groups in total. The van der Waals surface area contributed by atoms with Crippen molar-refractivity contribution < 1.29 is 24.1 Å². The minimum absolute atomic E-state index is 0.0528. The molecule has 1 aromatic rings. The summed E-state index contributed by atoms with van der Waals surface area (Å²) in [4.78, 5) is 10.6. The van der Waals surface area contributed by atoms with Gasteiger partial charge in [-0.05, 0) is 24.6 Å². The number of rotatable bonds is 4. The van der Waals surface area contributed by atoms with Gasteiger partial charge in [0.2, 0.25) is 0 Å². The molecule has 0 aromatic heterocycles. The second kappa shape index (κ2) is 4.94. The smallest absolute Gasteiger partial charge is 0.337 e. The number of carboxylic acid groups (broad SMARTS) is 1. The van der Waals surface area contributed by atoms with E-state index in [1.54, 1.807) is 0 Å². The maximum atomic E-state index is 13.0. The summed E-state index contributed by atoms with van der Waals surface area (Å²) in [7, 11) is 1.35. The van der Waals surface area contributed by atoms with Crippen LogP contribution in [0.1, 0.15) is 30.3 Å². The first kappa shape index (κ1) is 12.4. The predicted octanol–water partition coefficient (Wildman–Crippen LogP) is 1.84. The van der Waals surface area contributed by atoms with Crippen LogP contribution in [0.5, 0.6) is 5.75 Å². The van der Waals surface area contributed by atoms with Crippen molar-refractivity contribution in [3.8, 4) is 5.75 Å². The van der Waals surface area contributed by atoms with Gasteiger partial charge < -0.3 is 14.9 Å². The van der Waals surface area contributed by atoms with Crippen LogP contribution in [0.2, 0.25) is 0 Å². The van der Waals surface area contributed by atoms with E-state index in [0.29, 0.717) is 5.56 Å². The highest BCUT2D eigenvalue weighted by Gasteiger charge is 2.21. The second-order valence-electron chi connectivity index (χ2n) is 3.36. The van der Waals surface area contributed by atoms with Crippen molar-refractivity contribution in [2.45, 2.75) is 19.2 Å². The van der Waals surface area contributed by atoms with Gasteiger partial charge in [0.1, 0.15) is 11.9 Å². The van der Waals surface area contributed by atoms with E-state index in [0.717, 1.165) is 0 Å². The molecular weight excluding hydrogens is 215 g/mol. The van der Waals surface area contributed by atoms with Crippen LogP contribution in [0.25, 0.3) is 0 Å². The third-order valence-corrected chi connectivity index (χ3v) is 2.24. The number of halogens is 1. The first-order valence-electron chi connectivity index (χ1n) is 4.70. The van der Waals surface area contributed by atoms with Crippen molar-refractivity contribution in [2.75, 3.05) is 7.11 Å². The maximum absolute atomic E-state index is 13.0. The molecule has 0 saturated heterocycles. The Hall–Kier alpha value is -1.62. The Balaban J connectivity index is 3.21. The zero-order valence-corrected chi connectivity index (χ0v) is 8.98. The summed E-state index contributed by atoms with van der Waals surface area (Å²) >= 11 is 0. The van der Waals surface area contributed by atoms with Crippen LogP contribution in [0.3, 0.4) is 0 Å². The van der Waals surface area contributed by atoms with E-state index in [-0.39, 0.29) is 11.3 Å². The lowest BCUT2D eigenvalue weighted by Crippen LogP contribution is -2.12. The number of hydrogen-bond acceptors (Lipinski definition) is 3. The van der Waals surface area contributed by atoms with Crippen molar-refractivity contribution in [3.63, 3.8) is 0 Å². The van der Waals surface area contributed by atoms with Crippen molar-refractivity contribution in [3.05, 3.63) is 29.3 Å². The van der Waals surface area contributed by atoms with Crippen molar-refractivity contribution in [1.82, 2.24) is 0 Å². The SMILES string of the molecule is COc1ccc(C(C)F)cc1C(O)C(=O)O. The number of benzene rings is 1. The average Bonchev–Trinajstić information content (AvgIpc) is 2.26. The number of aliphatic hydroxyl groups excluding tert-OH is 1. The molecule has 0 aliphatic carbocycles. The fourth-order valence-corrected chi connectivity index (χ4v) is 1.35. The molecule has 1 aromatic carbocycles. The van der Waals surface area contributed by atoms with Gasteiger partial charge in [0.05, 0.1) is 7.11 Å². The largest absolute Gasteiger partial charge is 0.496 e. The van der Waals surface area contributed by atoms with Gasteiger partial charge in [0.15, 0.2) is 6.10 Å². The summed E-state index contributed by atoms with van der Waals surface area (Å²) in [6, 6.07) is 4.22. The molecule has 0 radical (unpaired) electrons. The topological polar surface area (TPSA) is 66.8 Å². The van der Waals surface area contributed by atoms with Crippen LogP contribution in [0.4, 0.5) is 4.39 Å². The van der Waals surface area contributed by atoms with E-state index in [1.165, 1.54) is 32.2 Å². The molecule has 16 heavy (non-hydrogen) atoms. The molecule has 0 spiro atoms. The molecule has 2 unspecified atom stereocenters. The highest BCUT2D eigenvalue weighted by atomic mass is 19.1. The van der Waals surface area contributed by atoms with E-state index in [4.69, 9.17) is 9.84 Å². The molecule has 0 heterocycles. The molecule has 5 heteroatoms. The lowest BCUT2D eigenvalue weighted by Gasteiger charge is -2.13. The molecule has 2 atom stereocenters. The fraction of sp³-hybridized carbons (Fsp3) is 0.364. The van der Waals surface area contributed by atoms with Crippen LogP contribution in [-0.2, 0) is 4.79 Å². The number of aliphatic hydroxyl groups is 1. The van der Waals surface area contributed by atoms with Gasteiger partial charge in [-0.1, -0.05) is 6.07 Å². The van der Waals surface area contributed by atoms with Crippen LogP contribution < -0.4 is 4.74 Å². The molecule has 88 valence electrons. The Morgan fingerprint density at radius 3 is 2.56 bits per heavy atom. The summed E-state index contributed by atoms with van der Waals surface area (Å²) < 4.78 is 17.9. The monoisotopic (exact) mass is 228 g/mol. The summed E-state index contributed by atoms with van der Waals surface area (Å²) in [6.07, 6.45) is -2.95. The Kier molecular flexibility index (Phi) is 3.84. The van der Waals surface area contributed by atoms with E-state index in [9.17, 15) is 14.3 Å². The summed E-state index contributed by atoms with van der Waals surface area (Å²) in [5, 5.41) is 18.1. The number of carbonyl (C=O) groups is 1. The van der Waals surface area contributed by atoms with E-state index in [1.807, 2.05) is 0 Å². The maximum Gasteiger partial charge on any atom is 0.337 e. The summed E-state index contributed by atoms with van der Waals surface area (Å²) in [5.41, 5.74) is 0.355. The standard InChI is InChI=1S/C11H13FO4/c1-6(12)7-3-4-9(16-2)8(5-7)10(13)11(14)15/h3-6,10,13H,1-2H3,(H,14,15). The van der Waals surface area contributed by atoms with Gasteiger partial charge in [0.25, 0.3) is 0 Å². The predicted molar refractivity (Wildman–Crippen MR) is 55.1 cm³/mol. The third-order valence-electron chi connectivity index (χ3n) is 2.24. The molecule has 0 saturated carbocycles. The molecule has 4 nitrogen and oxygen atoms in total. The number of carboxylic acids is 1. The summed E-state index contributed by atoms with van der Waals surface area (Å²) in [5.74, 6) is -1.18. The average molecular weight is 228 g/mol. The molecule has 0 aliphatic heterocycles. The minimum atomic E-state index is -1.71. The zero-order valence-electron chi connectivity index (χ0n) is 8.98. The van der Waals surface area contributed by atoms with Crippen molar-refractivity contribution in [2.24, 2.45) is 0 Å². The lowest BCUT2D eigenvalue weighted by molar-refractivity contribution is -0.147. The fourth-order valence-electron chi connectivity index (χ4n) is 1.35. The molecule has 0 bridgehead atoms. The van der Waals surface area contributed by atoms with Crippen molar-refractivity contribution >= 4 is 5.97 Å². The molecule has 0 aliphatic rings. The highest BCUT2D eigenvalue weighted by Crippen LogP contribution is 2.29. The summed E-state index contributed by atoms with van der Waals surface area (Å²) in [6.45, 7) is 1.33. The first-order chi connectivity index (χ1) is 7.47. The van der Waals surface area contributed by atoms with Gasteiger partial charge in [-0.25, -0.2) is 9.18 Å². The first-order valence-corrected chi connectivity index (χ1v) is 4.70. The van der Waals surface area contributed by atoms with Gasteiger partial charge in [-0.3, -0.25) is 0 Å². The number of hydrogen-bond donors (Lipinski definition) is 2. The van der Waals surface area contributed by atoms with E-state index >= 15 is 0 Å². The van der Waals surface area contributed by atoms with Gasteiger partial charge in [0, 0.05) is 5.56 Å². The Morgan fingerprint density at radius 2 is 2.12 bits per heavy atom. The second-order valence-corrected chi connectivity index (χ2v) is 3.36. The zero-order chi connectivity index (χ0) is 12.3. The van der Waals surface area contributed by atoms with Crippen LogP contribution in [0, 0.1) is 0 Å². The lowest BCUT2D eigenvalue weighted by atomic mass is 10.0. The van der Waals surface area contributed by atoms with E-state index in [2.05, 4.69) is 0 Å². The normalized spacial score (nSPS) is 14.2. The van der Waals surface area contributed by atoms with Gasteiger partial charge in [-0.2, -0.15) is 0 Å².